The van der Waals surface area contributed by atoms with Crippen LogP contribution in [0, 0.1) is 0 Å². The molecule has 0 N–H and O–H groups in total. The van der Waals surface area contributed by atoms with Crippen LogP contribution in [0.1, 0.15) is 16.1 Å². The van der Waals surface area contributed by atoms with Crippen LogP contribution in [0.5, 0.6) is 0 Å². The Balaban J connectivity index is 3.10. The van der Waals surface area contributed by atoms with E-state index in [9.17, 15) is 18.0 Å². The van der Waals surface area contributed by atoms with E-state index in [1.54, 1.807) is 0 Å². The van der Waals surface area contributed by atoms with Gasteiger partial charge in [-0.1, -0.05) is 5.16 Å². The van der Waals surface area contributed by atoms with Gasteiger partial charge in [-0.2, -0.15) is 13.2 Å². The van der Waals surface area contributed by atoms with Crippen molar-refractivity contribution in [1.29, 1.82) is 0 Å². The van der Waals surface area contributed by atoms with Gasteiger partial charge in [-0.25, -0.2) is 4.79 Å². The normalized spacial score (nSPS) is 11.4. The number of hydrogen-bond donors (Lipinski definition) is 0. The Kier molecular flexibility index (Phi) is 2.26. The highest BCUT2D eigenvalue weighted by Crippen LogP contribution is 2.31. The number of rotatable bonds is 1. The molecule has 13 heavy (non-hydrogen) atoms. The van der Waals surface area contributed by atoms with Crippen LogP contribution in [0.2, 0.25) is 0 Å². The Morgan fingerprint density at radius 2 is 2.23 bits per heavy atom. The number of carbonyl (C=O) groups excluding carboxylic acids is 1. The Morgan fingerprint density at radius 1 is 1.62 bits per heavy atom. The van der Waals surface area contributed by atoms with Gasteiger partial charge in [0.1, 0.15) is 11.8 Å². The number of carbonyl (C=O) groups is 1. The van der Waals surface area contributed by atoms with E-state index in [4.69, 9.17) is 0 Å². The van der Waals surface area contributed by atoms with Crippen molar-refractivity contribution in [3.8, 4) is 0 Å². The van der Waals surface area contributed by atoms with E-state index in [0.717, 1.165) is 7.11 Å². The minimum atomic E-state index is -4.66. The van der Waals surface area contributed by atoms with E-state index in [1.807, 2.05) is 0 Å². The molecule has 1 rings (SSSR count). The van der Waals surface area contributed by atoms with Crippen molar-refractivity contribution < 1.29 is 27.2 Å². The van der Waals surface area contributed by atoms with Crippen molar-refractivity contribution >= 4 is 5.97 Å². The molecule has 7 heteroatoms. The lowest BCUT2D eigenvalue weighted by atomic mass is 10.2. The molecule has 0 bridgehead atoms. The predicted octanol–water partition coefficient (Wildman–Crippen LogP) is 1.48. The van der Waals surface area contributed by atoms with Crippen molar-refractivity contribution in [3.63, 3.8) is 0 Å². The van der Waals surface area contributed by atoms with Crippen molar-refractivity contribution in [3.05, 3.63) is 17.5 Å². The second-order valence-corrected chi connectivity index (χ2v) is 2.07. The largest absolute Gasteiger partial charge is 0.464 e. The number of halogens is 3. The molecular weight excluding hydrogens is 191 g/mol. The molecule has 4 nitrogen and oxygen atoms in total. The van der Waals surface area contributed by atoms with E-state index in [-0.39, 0.29) is 0 Å². The maximum absolute atomic E-state index is 12.1. The van der Waals surface area contributed by atoms with Gasteiger partial charge in [0.15, 0.2) is 0 Å². The van der Waals surface area contributed by atoms with Gasteiger partial charge in [-0.3, -0.25) is 0 Å². The third-order valence-electron chi connectivity index (χ3n) is 1.25. The van der Waals surface area contributed by atoms with E-state index >= 15 is 0 Å². The summed E-state index contributed by atoms with van der Waals surface area (Å²) in [5, 5.41) is 2.88. The summed E-state index contributed by atoms with van der Waals surface area (Å²) in [6.45, 7) is 0. The van der Waals surface area contributed by atoms with Gasteiger partial charge in [0, 0.05) is 0 Å². The Morgan fingerprint density at radius 3 is 2.69 bits per heavy atom. The Bertz CT molecular complexity index is 317. The van der Waals surface area contributed by atoms with Crippen LogP contribution in [-0.2, 0) is 10.9 Å². The van der Waals surface area contributed by atoms with E-state index in [2.05, 4.69) is 14.4 Å². The first-order valence-electron chi connectivity index (χ1n) is 3.06. The number of methoxy groups -OCH3 is 1. The third-order valence-corrected chi connectivity index (χ3v) is 1.25. The molecule has 1 aromatic heterocycles. The zero-order valence-corrected chi connectivity index (χ0v) is 6.38. The van der Waals surface area contributed by atoms with Gasteiger partial charge < -0.3 is 9.26 Å². The first-order chi connectivity index (χ1) is 5.96. The minimum absolute atomic E-state index is 0.353. The van der Waals surface area contributed by atoms with Crippen molar-refractivity contribution in [2.24, 2.45) is 0 Å². The highest BCUT2D eigenvalue weighted by molar-refractivity contribution is 5.88. The first-order valence-corrected chi connectivity index (χ1v) is 3.06. The maximum atomic E-state index is 12.1. The average Bonchev–Trinajstić information content (AvgIpc) is 2.49. The molecule has 1 aromatic rings. The molecule has 0 unspecified atom stereocenters. The van der Waals surface area contributed by atoms with E-state index < -0.39 is 23.4 Å². The molecule has 72 valence electrons. The second-order valence-electron chi connectivity index (χ2n) is 2.07. The zero-order valence-electron chi connectivity index (χ0n) is 6.38. The van der Waals surface area contributed by atoms with E-state index in [0.29, 0.717) is 6.26 Å². The average molecular weight is 195 g/mol. The van der Waals surface area contributed by atoms with E-state index in [1.165, 1.54) is 0 Å². The van der Waals surface area contributed by atoms with Gasteiger partial charge in [-0.05, 0) is 0 Å². The van der Waals surface area contributed by atoms with Gasteiger partial charge in [-0.15, -0.1) is 0 Å². The topological polar surface area (TPSA) is 52.3 Å². The number of ether oxygens (including phenoxy) is 1. The predicted molar refractivity (Wildman–Crippen MR) is 32.8 cm³/mol. The number of alkyl halides is 3. The van der Waals surface area contributed by atoms with Gasteiger partial charge in [0.2, 0.25) is 5.69 Å². The lowest BCUT2D eigenvalue weighted by Gasteiger charge is -2.02. The monoisotopic (exact) mass is 195 g/mol. The number of aromatic nitrogens is 1. The van der Waals surface area contributed by atoms with Crippen molar-refractivity contribution in [2.75, 3.05) is 7.11 Å². The summed E-state index contributed by atoms with van der Waals surface area (Å²) in [6, 6.07) is 0. The lowest BCUT2D eigenvalue weighted by Crippen LogP contribution is -2.12. The highest BCUT2D eigenvalue weighted by atomic mass is 19.4. The molecule has 0 aliphatic rings. The SMILES string of the molecule is COC(=O)c1nocc1C(F)(F)F. The van der Waals surface area contributed by atoms with Crippen LogP contribution in [0.3, 0.4) is 0 Å². The molecular formula is C6H4F3NO3. The Hall–Kier alpha value is -1.53. The molecule has 0 aliphatic heterocycles. The van der Waals surface area contributed by atoms with Gasteiger partial charge >= 0.3 is 12.1 Å². The number of esters is 1. The second kappa shape index (κ2) is 3.08. The lowest BCUT2D eigenvalue weighted by molar-refractivity contribution is -0.138. The van der Waals surface area contributed by atoms with Crippen molar-refractivity contribution in [1.82, 2.24) is 5.16 Å². The van der Waals surface area contributed by atoms with Crippen LogP contribution < -0.4 is 0 Å². The molecule has 0 saturated carbocycles. The fourth-order valence-corrected chi connectivity index (χ4v) is 0.682. The molecule has 0 aromatic carbocycles. The summed E-state index contributed by atoms with van der Waals surface area (Å²) < 4.78 is 44.3. The molecule has 0 fully saturated rings. The zero-order chi connectivity index (χ0) is 10.1. The fourth-order valence-electron chi connectivity index (χ4n) is 0.682. The summed E-state index contributed by atoms with van der Waals surface area (Å²) in [7, 11) is 0.956. The molecule has 0 aliphatic carbocycles. The molecule has 0 saturated heterocycles. The fraction of sp³-hybridized carbons (Fsp3) is 0.333. The van der Waals surface area contributed by atoms with Crippen LogP contribution >= 0.6 is 0 Å². The van der Waals surface area contributed by atoms with Crippen LogP contribution in [-0.4, -0.2) is 18.2 Å². The first kappa shape index (κ1) is 9.56. The summed E-state index contributed by atoms with van der Waals surface area (Å²) in [5.74, 6) is -1.18. The standard InChI is InChI=1S/C6H4F3NO3/c1-12-5(11)4-3(2-13-10-4)6(7,8)9/h2H,1H3. The molecule has 0 radical (unpaired) electrons. The summed E-state index contributed by atoms with van der Waals surface area (Å²) in [6.07, 6.45) is -4.31. The number of hydrogen-bond acceptors (Lipinski definition) is 4. The van der Waals surface area contributed by atoms with Crippen molar-refractivity contribution in [2.45, 2.75) is 6.18 Å². The van der Waals surface area contributed by atoms with Gasteiger partial charge in [0.05, 0.1) is 7.11 Å². The smallest absolute Gasteiger partial charge is 0.421 e. The molecule has 0 atom stereocenters. The van der Waals surface area contributed by atoms with Crippen LogP contribution in [0.15, 0.2) is 10.8 Å². The molecule has 1 heterocycles. The molecule has 0 spiro atoms. The van der Waals surface area contributed by atoms with Crippen LogP contribution in [0.25, 0.3) is 0 Å². The maximum Gasteiger partial charge on any atom is 0.421 e. The number of nitrogens with zero attached hydrogens (tertiary/aromatic N) is 1. The highest BCUT2D eigenvalue weighted by Gasteiger charge is 2.38. The van der Waals surface area contributed by atoms with Crippen LogP contribution in [0.4, 0.5) is 13.2 Å². The quantitative estimate of drug-likeness (QED) is 0.637. The minimum Gasteiger partial charge on any atom is -0.464 e. The Labute approximate surface area is 70.3 Å². The summed E-state index contributed by atoms with van der Waals surface area (Å²) in [4.78, 5) is 10.7. The third kappa shape index (κ3) is 1.79. The summed E-state index contributed by atoms with van der Waals surface area (Å²) in [5.41, 5.74) is -2.10. The summed E-state index contributed by atoms with van der Waals surface area (Å²) >= 11 is 0. The van der Waals surface area contributed by atoms with Gasteiger partial charge in [0.25, 0.3) is 0 Å². The molecule has 0 amide bonds.